The molecule has 1 amide bonds. The number of anilines is 2. The molecule has 7 N–H and O–H groups in total. The number of nitrogens with zero attached hydrogens (tertiary/aromatic N) is 5. The number of rotatable bonds is 8. The Balaban J connectivity index is 1.38. The highest BCUT2D eigenvalue weighted by atomic mass is 16.3. The van der Waals surface area contributed by atoms with Gasteiger partial charge >= 0.3 is 0 Å². The van der Waals surface area contributed by atoms with E-state index < -0.39 is 30.1 Å². The molecular weight excluding hydrogens is 508 g/mol. The van der Waals surface area contributed by atoms with Crippen LogP contribution in [0, 0.1) is 5.92 Å². The smallest absolute Gasteiger partial charge is 0.229 e. The van der Waals surface area contributed by atoms with Crippen molar-refractivity contribution in [2.24, 2.45) is 17.4 Å². The van der Waals surface area contributed by atoms with Gasteiger partial charge < -0.3 is 36.5 Å². The average molecular weight is 543 g/mol. The molecule has 0 bridgehead atoms. The summed E-state index contributed by atoms with van der Waals surface area (Å²) < 4.78 is 1.73. The Labute approximate surface area is 231 Å². The van der Waals surface area contributed by atoms with Gasteiger partial charge in [-0.05, 0) is 24.0 Å². The van der Waals surface area contributed by atoms with Crippen LogP contribution in [0.25, 0.3) is 11.2 Å². The predicted octanol–water partition coefficient (Wildman–Crippen LogP) is 1.38. The van der Waals surface area contributed by atoms with Crippen LogP contribution in [0.15, 0.2) is 67.0 Å². The minimum absolute atomic E-state index is 0.0317. The number of imidazole rings is 1. The lowest BCUT2D eigenvalue weighted by molar-refractivity contribution is -0.125. The highest BCUT2D eigenvalue weighted by Crippen LogP contribution is 2.38. The molecular formula is C29H34N8O3. The van der Waals surface area contributed by atoms with E-state index in [2.05, 4.69) is 34.6 Å². The third kappa shape index (κ3) is 4.87. The lowest BCUT2D eigenvalue weighted by Crippen LogP contribution is -2.35. The number of aliphatic hydroxyl groups is 2. The van der Waals surface area contributed by atoms with Crippen LogP contribution in [0.2, 0.25) is 0 Å². The van der Waals surface area contributed by atoms with E-state index in [1.54, 1.807) is 10.9 Å². The van der Waals surface area contributed by atoms with Crippen LogP contribution in [0.1, 0.15) is 35.9 Å². The Morgan fingerprint density at radius 1 is 1.02 bits per heavy atom. The van der Waals surface area contributed by atoms with Crippen molar-refractivity contribution in [3.8, 4) is 0 Å². The summed E-state index contributed by atoms with van der Waals surface area (Å²) in [6, 6.07) is 20.0. The molecule has 2 aromatic carbocycles. The van der Waals surface area contributed by atoms with Gasteiger partial charge in [0, 0.05) is 31.6 Å². The molecule has 1 aliphatic carbocycles. The molecule has 0 spiro atoms. The highest BCUT2D eigenvalue weighted by molar-refractivity contribution is 5.85. The molecule has 0 radical (unpaired) electrons. The first kappa shape index (κ1) is 26.2. The number of aromatic nitrogens is 4. The lowest BCUT2D eigenvalue weighted by Gasteiger charge is -2.22. The number of primary amides is 1. The topological polar surface area (TPSA) is 168 Å². The summed E-state index contributed by atoms with van der Waals surface area (Å²) in [6.45, 7) is 1.91. The summed E-state index contributed by atoms with van der Waals surface area (Å²) >= 11 is 0. The van der Waals surface area contributed by atoms with E-state index >= 15 is 0 Å². The van der Waals surface area contributed by atoms with Crippen LogP contribution in [-0.2, 0) is 4.79 Å². The lowest BCUT2D eigenvalue weighted by atomic mass is 9.91. The first-order valence-electron chi connectivity index (χ1n) is 13.6. The number of benzene rings is 2. The summed E-state index contributed by atoms with van der Waals surface area (Å²) in [7, 11) is 0. The second kappa shape index (κ2) is 10.8. The van der Waals surface area contributed by atoms with Gasteiger partial charge in [-0.2, -0.15) is 9.97 Å². The highest BCUT2D eigenvalue weighted by Gasteiger charge is 2.45. The third-order valence-electron chi connectivity index (χ3n) is 8.17. The zero-order valence-electron chi connectivity index (χ0n) is 22.0. The number of fused-ring (bicyclic) bond motifs is 1. The Bertz CT molecular complexity index is 1440. The maximum absolute atomic E-state index is 11.9. The van der Waals surface area contributed by atoms with Crippen LogP contribution in [-0.4, -0.2) is 73.5 Å². The second-order valence-corrected chi connectivity index (χ2v) is 10.7. The molecule has 1 aliphatic heterocycles. The van der Waals surface area contributed by atoms with Crippen LogP contribution < -0.4 is 21.7 Å². The number of nitrogens with one attached hydrogen (secondary N) is 1. The van der Waals surface area contributed by atoms with Crippen LogP contribution in [0.4, 0.5) is 11.8 Å². The minimum Gasteiger partial charge on any atom is -0.390 e. The van der Waals surface area contributed by atoms with Gasteiger partial charge in [-0.25, -0.2) is 4.98 Å². The molecule has 2 aromatic heterocycles. The Kier molecular flexibility index (Phi) is 7.09. The number of hydrogen-bond acceptors (Lipinski definition) is 9. The molecule has 11 nitrogen and oxygen atoms in total. The summed E-state index contributed by atoms with van der Waals surface area (Å²) in [5.74, 6) is -0.363. The fourth-order valence-electron chi connectivity index (χ4n) is 5.95. The van der Waals surface area contributed by atoms with Crippen LogP contribution in [0.3, 0.4) is 0 Å². The number of aliphatic hydroxyl groups excluding tert-OH is 2. The van der Waals surface area contributed by atoms with Crippen molar-refractivity contribution >= 4 is 28.8 Å². The van der Waals surface area contributed by atoms with E-state index in [9.17, 15) is 15.0 Å². The first-order chi connectivity index (χ1) is 19.4. The number of carbonyl (C=O) groups is 1. The molecule has 2 aliphatic rings. The van der Waals surface area contributed by atoms with E-state index in [4.69, 9.17) is 21.4 Å². The molecule has 3 heterocycles. The van der Waals surface area contributed by atoms with Gasteiger partial charge in [0.25, 0.3) is 0 Å². The molecule has 5 atom stereocenters. The zero-order chi connectivity index (χ0) is 27.8. The van der Waals surface area contributed by atoms with E-state index in [1.807, 2.05) is 41.3 Å². The van der Waals surface area contributed by atoms with Gasteiger partial charge in [-0.15, -0.1) is 0 Å². The molecule has 6 rings (SSSR count). The van der Waals surface area contributed by atoms with Crippen molar-refractivity contribution in [3.05, 3.63) is 78.1 Å². The van der Waals surface area contributed by atoms with E-state index in [0.29, 0.717) is 36.0 Å². The maximum Gasteiger partial charge on any atom is 0.229 e. The van der Waals surface area contributed by atoms with Crippen molar-refractivity contribution in [3.63, 3.8) is 0 Å². The molecule has 0 unspecified atom stereocenters. The number of hydrogen-bond donors (Lipinski definition) is 5. The maximum atomic E-state index is 11.9. The standard InChI is InChI=1S/C29H34N8O3/c30-19-11-12-36(15-19)29-34-27(32-14-21(17-7-3-1-4-8-17)18-9-5-2-6-10-18)23-28(35-29)37(16-33-23)22-13-20(26(31)40)24(38)25(22)39/h1-10,16,19-22,24-25,38-39H,11-15,30H2,(H2,31,40)(H,32,34,35)/t19-,20+,22-,24-,25+/m1/s1. The summed E-state index contributed by atoms with van der Waals surface area (Å²) in [4.78, 5) is 28.3. The Hall–Kier alpha value is -4.06. The van der Waals surface area contributed by atoms with Gasteiger partial charge in [0.1, 0.15) is 6.10 Å². The SMILES string of the molecule is NC(=O)[C@H]1C[C@@H](n2cnc3c(NCC(c4ccccc4)c4ccccc4)nc(N4CC[C@@H](N)C4)nc32)[C@H](O)[C@@H]1O. The molecule has 40 heavy (non-hydrogen) atoms. The number of amides is 1. The van der Waals surface area contributed by atoms with Gasteiger partial charge in [0.05, 0.1) is 24.4 Å². The van der Waals surface area contributed by atoms with Crippen LogP contribution >= 0.6 is 0 Å². The molecule has 4 aromatic rings. The monoisotopic (exact) mass is 542 g/mol. The van der Waals surface area contributed by atoms with Gasteiger partial charge in [-0.1, -0.05) is 60.7 Å². The van der Waals surface area contributed by atoms with Gasteiger partial charge in [0.2, 0.25) is 11.9 Å². The molecule has 11 heteroatoms. The van der Waals surface area contributed by atoms with Gasteiger partial charge in [-0.3, -0.25) is 4.79 Å². The molecule has 2 fully saturated rings. The second-order valence-electron chi connectivity index (χ2n) is 10.7. The number of nitrogens with two attached hydrogens (primary N) is 2. The Morgan fingerprint density at radius 3 is 2.27 bits per heavy atom. The first-order valence-corrected chi connectivity index (χ1v) is 13.6. The summed E-state index contributed by atoms with van der Waals surface area (Å²) in [5.41, 5.74) is 15.1. The van der Waals surface area contributed by atoms with Crippen molar-refractivity contribution < 1.29 is 15.0 Å². The zero-order valence-corrected chi connectivity index (χ0v) is 22.0. The fourth-order valence-corrected chi connectivity index (χ4v) is 5.95. The minimum atomic E-state index is -1.26. The van der Waals surface area contributed by atoms with Crippen LogP contribution in [0.5, 0.6) is 0 Å². The van der Waals surface area contributed by atoms with Crippen molar-refractivity contribution in [2.75, 3.05) is 29.9 Å². The van der Waals surface area contributed by atoms with Gasteiger partial charge in [0.15, 0.2) is 17.0 Å². The van der Waals surface area contributed by atoms with E-state index in [1.165, 1.54) is 11.1 Å². The van der Waals surface area contributed by atoms with Crippen molar-refractivity contribution in [1.82, 2.24) is 19.5 Å². The third-order valence-corrected chi connectivity index (χ3v) is 8.17. The van der Waals surface area contributed by atoms with Crippen molar-refractivity contribution in [2.45, 2.75) is 43.1 Å². The number of carbonyl (C=O) groups excluding carboxylic acids is 1. The van der Waals surface area contributed by atoms with Crippen molar-refractivity contribution in [1.29, 1.82) is 0 Å². The fraction of sp³-hybridized carbons (Fsp3) is 0.379. The van der Waals surface area contributed by atoms with E-state index in [0.717, 1.165) is 13.0 Å². The molecule has 1 saturated heterocycles. The average Bonchev–Trinajstić information content (AvgIpc) is 3.67. The summed E-state index contributed by atoms with van der Waals surface area (Å²) in [5, 5.41) is 24.9. The normalized spacial score (nSPS) is 24.7. The molecule has 1 saturated carbocycles. The largest absolute Gasteiger partial charge is 0.390 e. The molecule has 208 valence electrons. The Morgan fingerprint density at radius 2 is 1.70 bits per heavy atom. The van der Waals surface area contributed by atoms with E-state index in [-0.39, 0.29) is 18.4 Å². The quantitative estimate of drug-likeness (QED) is 0.221. The summed E-state index contributed by atoms with van der Waals surface area (Å²) in [6.07, 6.45) is 0.156. The predicted molar refractivity (Wildman–Crippen MR) is 152 cm³/mol.